The van der Waals surface area contributed by atoms with Crippen molar-refractivity contribution in [3.05, 3.63) is 18.0 Å². The molecule has 0 aromatic carbocycles. The Morgan fingerprint density at radius 3 is 2.76 bits per heavy atom. The van der Waals surface area contributed by atoms with Crippen molar-refractivity contribution < 1.29 is 18.0 Å². The van der Waals surface area contributed by atoms with Crippen LogP contribution in [0.25, 0.3) is 0 Å². The molecule has 0 saturated heterocycles. The maximum Gasteiger partial charge on any atom is 0.401 e. The molecule has 96 valence electrons. The highest BCUT2D eigenvalue weighted by Gasteiger charge is 2.26. The van der Waals surface area contributed by atoms with E-state index in [4.69, 9.17) is 0 Å². The van der Waals surface area contributed by atoms with Crippen molar-refractivity contribution in [3.63, 3.8) is 0 Å². The highest BCUT2D eigenvalue weighted by Crippen LogP contribution is 2.11. The molecule has 0 aliphatic rings. The maximum atomic E-state index is 11.8. The Hall–Kier alpha value is -1.57. The summed E-state index contributed by atoms with van der Waals surface area (Å²) in [5, 5.41) is 8.46. The van der Waals surface area contributed by atoms with E-state index in [1.807, 2.05) is 5.32 Å². The number of carbonyl (C=O) groups excluding carboxylic acids is 1. The summed E-state index contributed by atoms with van der Waals surface area (Å²) in [4.78, 5) is 11.1. The molecule has 17 heavy (non-hydrogen) atoms. The van der Waals surface area contributed by atoms with Crippen LogP contribution in [-0.2, 0) is 18.4 Å². The van der Waals surface area contributed by atoms with Gasteiger partial charge >= 0.3 is 6.18 Å². The maximum absolute atomic E-state index is 11.8. The minimum Gasteiger partial charge on any atom is -0.349 e. The van der Waals surface area contributed by atoms with Gasteiger partial charge in [0.25, 0.3) is 0 Å². The Kier molecular flexibility index (Phi) is 4.50. The van der Waals surface area contributed by atoms with E-state index in [0.29, 0.717) is 5.69 Å². The smallest absolute Gasteiger partial charge is 0.349 e. The molecular weight excluding hydrogens is 237 g/mol. The second kappa shape index (κ2) is 5.67. The number of halogens is 3. The third kappa shape index (κ3) is 5.91. The first kappa shape index (κ1) is 13.5. The first-order valence-electron chi connectivity index (χ1n) is 4.89. The normalized spacial score (nSPS) is 11.5. The zero-order chi connectivity index (χ0) is 12.9. The molecule has 1 aromatic heterocycles. The number of aromatic nitrogens is 2. The van der Waals surface area contributed by atoms with Gasteiger partial charge in [-0.3, -0.25) is 9.48 Å². The largest absolute Gasteiger partial charge is 0.401 e. The summed E-state index contributed by atoms with van der Waals surface area (Å²) in [5.41, 5.74) is 0.650. The quantitative estimate of drug-likeness (QED) is 0.784. The van der Waals surface area contributed by atoms with Crippen molar-refractivity contribution >= 4 is 5.91 Å². The van der Waals surface area contributed by atoms with E-state index < -0.39 is 18.6 Å². The van der Waals surface area contributed by atoms with Gasteiger partial charge in [0.15, 0.2) is 0 Å². The number of hydrogen-bond donors (Lipinski definition) is 2. The van der Waals surface area contributed by atoms with Crippen LogP contribution in [0.15, 0.2) is 12.3 Å². The molecule has 1 heterocycles. The standard InChI is InChI=1S/C9H13F3N4O/c1-16-3-2-7(15-16)4-14-8(17)5-13-6-9(10,11)12/h2-3,13H,4-6H2,1H3,(H,14,17). The minimum absolute atomic E-state index is 0.202. The molecule has 0 atom stereocenters. The number of alkyl halides is 3. The molecule has 0 spiro atoms. The molecule has 1 aromatic rings. The van der Waals surface area contributed by atoms with Crippen LogP contribution in [0.3, 0.4) is 0 Å². The van der Waals surface area contributed by atoms with Crippen molar-refractivity contribution in [2.45, 2.75) is 12.7 Å². The van der Waals surface area contributed by atoms with Crippen molar-refractivity contribution in [1.82, 2.24) is 20.4 Å². The highest BCUT2D eigenvalue weighted by atomic mass is 19.4. The van der Waals surface area contributed by atoms with Gasteiger partial charge < -0.3 is 10.6 Å². The molecule has 0 fully saturated rings. The molecular formula is C9H13F3N4O. The van der Waals surface area contributed by atoms with Crippen molar-refractivity contribution in [1.29, 1.82) is 0 Å². The summed E-state index contributed by atoms with van der Waals surface area (Å²) in [6.45, 7) is -1.34. The van der Waals surface area contributed by atoms with Crippen molar-refractivity contribution in [2.75, 3.05) is 13.1 Å². The number of nitrogens with zero attached hydrogens (tertiary/aromatic N) is 2. The van der Waals surface area contributed by atoms with E-state index in [9.17, 15) is 18.0 Å². The first-order valence-corrected chi connectivity index (χ1v) is 4.89. The van der Waals surface area contributed by atoms with E-state index in [-0.39, 0.29) is 13.1 Å². The average Bonchev–Trinajstić information content (AvgIpc) is 2.59. The van der Waals surface area contributed by atoms with Gasteiger partial charge in [-0.15, -0.1) is 0 Å². The van der Waals surface area contributed by atoms with Crippen LogP contribution in [0.5, 0.6) is 0 Å². The minimum atomic E-state index is -4.30. The van der Waals surface area contributed by atoms with Gasteiger partial charge in [-0.05, 0) is 6.07 Å². The van der Waals surface area contributed by atoms with Crippen molar-refractivity contribution in [2.24, 2.45) is 7.05 Å². The number of carbonyl (C=O) groups is 1. The Morgan fingerprint density at radius 1 is 1.53 bits per heavy atom. The first-order chi connectivity index (χ1) is 7.87. The van der Waals surface area contributed by atoms with Crippen LogP contribution < -0.4 is 10.6 Å². The molecule has 0 unspecified atom stereocenters. The van der Waals surface area contributed by atoms with Crippen LogP contribution in [0.2, 0.25) is 0 Å². The summed E-state index contributed by atoms with van der Waals surface area (Å²) in [6.07, 6.45) is -2.59. The number of nitrogens with one attached hydrogen (secondary N) is 2. The second-order valence-electron chi connectivity index (χ2n) is 3.48. The zero-order valence-electron chi connectivity index (χ0n) is 9.21. The van der Waals surface area contributed by atoms with Crippen LogP contribution in [0.4, 0.5) is 13.2 Å². The van der Waals surface area contributed by atoms with Gasteiger partial charge in [-0.25, -0.2) is 0 Å². The van der Waals surface area contributed by atoms with Crippen LogP contribution >= 0.6 is 0 Å². The fraction of sp³-hybridized carbons (Fsp3) is 0.556. The van der Waals surface area contributed by atoms with E-state index in [1.165, 1.54) is 0 Å². The van der Waals surface area contributed by atoms with E-state index >= 15 is 0 Å². The molecule has 0 aliphatic carbocycles. The van der Waals surface area contributed by atoms with E-state index in [0.717, 1.165) is 0 Å². The van der Waals surface area contributed by atoms with Gasteiger partial charge in [0.05, 0.1) is 25.3 Å². The fourth-order valence-electron chi connectivity index (χ4n) is 1.13. The van der Waals surface area contributed by atoms with Crippen LogP contribution in [-0.4, -0.2) is 35.0 Å². The predicted molar refractivity (Wildman–Crippen MR) is 54.0 cm³/mol. The predicted octanol–water partition coefficient (Wildman–Crippen LogP) is 0.188. The topological polar surface area (TPSA) is 59.0 Å². The van der Waals surface area contributed by atoms with E-state index in [2.05, 4.69) is 10.4 Å². The summed E-state index contributed by atoms with van der Waals surface area (Å²) in [7, 11) is 1.73. The molecule has 0 aliphatic heterocycles. The molecule has 0 saturated carbocycles. The van der Waals surface area contributed by atoms with E-state index in [1.54, 1.807) is 24.0 Å². The lowest BCUT2D eigenvalue weighted by atomic mass is 10.4. The number of hydrogen-bond acceptors (Lipinski definition) is 3. The molecule has 0 radical (unpaired) electrons. The molecule has 2 N–H and O–H groups in total. The Balaban J connectivity index is 2.18. The Bertz CT molecular complexity index is 375. The monoisotopic (exact) mass is 250 g/mol. The molecule has 1 amide bonds. The summed E-state index contributed by atoms with van der Waals surface area (Å²) in [5.74, 6) is -0.500. The Labute approximate surface area is 96.0 Å². The SMILES string of the molecule is Cn1ccc(CNC(=O)CNCC(F)(F)F)n1. The lowest BCUT2D eigenvalue weighted by Gasteiger charge is -2.08. The van der Waals surface area contributed by atoms with Crippen molar-refractivity contribution in [3.8, 4) is 0 Å². The third-order valence-corrected chi connectivity index (χ3v) is 1.85. The van der Waals surface area contributed by atoms with Gasteiger partial charge in [0.2, 0.25) is 5.91 Å². The molecule has 1 rings (SSSR count). The van der Waals surface area contributed by atoms with Gasteiger partial charge in [0.1, 0.15) is 0 Å². The summed E-state index contributed by atoms with van der Waals surface area (Å²) >= 11 is 0. The summed E-state index contributed by atoms with van der Waals surface area (Å²) < 4.78 is 36.8. The number of amides is 1. The summed E-state index contributed by atoms with van der Waals surface area (Å²) in [6, 6.07) is 1.71. The zero-order valence-corrected chi connectivity index (χ0v) is 9.21. The lowest BCUT2D eigenvalue weighted by Crippen LogP contribution is -2.38. The third-order valence-electron chi connectivity index (χ3n) is 1.85. The Morgan fingerprint density at radius 2 is 2.24 bits per heavy atom. The van der Waals surface area contributed by atoms with Gasteiger partial charge in [-0.2, -0.15) is 18.3 Å². The van der Waals surface area contributed by atoms with Gasteiger partial charge in [0, 0.05) is 13.2 Å². The average molecular weight is 250 g/mol. The number of rotatable bonds is 5. The van der Waals surface area contributed by atoms with Gasteiger partial charge in [-0.1, -0.05) is 0 Å². The van der Waals surface area contributed by atoms with Crippen LogP contribution in [0, 0.1) is 0 Å². The fourth-order valence-corrected chi connectivity index (χ4v) is 1.13. The molecule has 0 bridgehead atoms. The lowest BCUT2D eigenvalue weighted by molar-refractivity contribution is -0.128. The second-order valence-corrected chi connectivity index (χ2v) is 3.48. The molecule has 5 nitrogen and oxygen atoms in total. The highest BCUT2D eigenvalue weighted by molar-refractivity contribution is 5.77. The van der Waals surface area contributed by atoms with Crippen LogP contribution in [0.1, 0.15) is 5.69 Å². The molecule has 8 heteroatoms. The number of aryl methyl sites for hydroxylation is 1.